The van der Waals surface area contributed by atoms with E-state index in [2.05, 4.69) is 13.8 Å². The van der Waals surface area contributed by atoms with Gasteiger partial charge in [0.05, 0.1) is 6.61 Å². The molecule has 66 valence electrons. The molecule has 0 fully saturated rings. The van der Waals surface area contributed by atoms with E-state index in [4.69, 9.17) is 4.74 Å². The predicted molar refractivity (Wildman–Crippen MR) is 46.7 cm³/mol. The monoisotopic (exact) mass is 168 g/mol. The van der Waals surface area contributed by atoms with Gasteiger partial charge < -0.3 is 4.74 Å². The Hall–Kier alpha value is -1.05. The van der Waals surface area contributed by atoms with Crippen molar-refractivity contribution < 1.29 is 9.13 Å². The molecule has 0 aromatic heterocycles. The van der Waals surface area contributed by atoms with Gasteiger partial charge in [0.25, 0.3) is 0 Å². The molecule has 0 aliphatic rings. The lowest BCUT2D eigenvalue weighted by Gasteiger charge is -2.07. The molecule has 0 spiro atoms. The van der Waals surface area contributed by atoms with Gasteiger partial charge in [-0.2, -0.15) is 0 Å². The van der Waals surface area contributed by atoms with Crippen LogP contribution in [-0.2, 0) is 0 Å². The van der Waals surface area contributed by atoms with E-state index in [1.807, 2.05) is 0 Å². The van der Waals surface area contributed by atoms with Crippen LogP contribution < -0.4 is 4.74 Å². The highest BCUT2D eigenvalue weighted by Gasteiger charge is 1.96. The maximum absolute atomic E-state index is 12.4. The normalized spacial score (nSPS) is 10.3. The summed E-state index contributed by atoms with van der Waals surface area (Å²) in [6.45, 7) is 4.82. The molecular weight excluding hydrogens is 155 g/mol. The van der Waals surface area contributed by atoms with E-state index in [-0.39, 0.29) is 5.82 Å². The highest BCUT2D eigenvalue weighted by atomic mass is 19.1. The molecule has 0 saturated carbocycles. The second-order valence-electron chi connectivity index (χ2n) is 3.16. The second-order valence-corrected chi connectivity index (χ2v) is 3.16. The van der Waals surface area contributed by atoms with Crippen molar-refractivity contribution in [3.63, 3.8) is 0 Å². The minimum atomic E-state index is -0.230. The molecule has 0 radical (unpaired) electrons. The summed E-state index contributed by atoms with van der Waals surface area (Å²) in [6, 6.07) is 6.07. The smallest absolute Gasteiger partial charge is 0.123 e. The molecule has 0 aliphatic carbocycles. The zero-order valence-corrected chi connectivity index (χ0v) is 7.38. The fourth-order valence-corrected chi connectivity index (χ4v) is 0.794. The fourth-order valence-electron chi connectivity index (χ4n) is 0.794. The third kappa shape index (κ3) is 2.91. The Morgan fingerprint density at radius 1 is 1.25 bits per heavy atom. The molecule has 0 atom stereocenters. The zero-order chi connectivity index (χ0) is 8.97. The van der Waals surface area contributed by atoms with E-state index in [1.165, 1.54) is 12.1 Å². The minimum absolute atomic E-state index is 0.230. The summed E-state index contributed by atoms with van der Waals surface area (Å²) < 4.78 is 17.8. The molecule has 0 unspecified atom stereocenters. The summed E-state index contributed by atoms with van der Waals surface area (Å²) in [5.41, 5.74) is 0. The number of halogens is 1. The van der Waals surface area contributed by atoms with Crippen molar-refractivity contribution in [1.82, 2.24) is 0 Å². The molecule has 0 heterocycles. The Morgan fingerprint density at radius 3 is 2.33 bits per heavy atom. The van der Waals surface area contributed by atoms with Crippen LogP contribution in [0.1, 0.15) is 13.8 Å². The third-order valence-corrected chi connectivity index (χ3v) is 1.40. The first-order chi connectivity index (χ1) is 5.68. The molecular formula is C10H13FO. The van der Waals surface area contributed by atoms with Crippen LogP contribution in [-0.4, -0.2) is 6.61 Å². The molecule has 0 N–H and O–H groups in total. The van der Waals surface area contributed by atoms with E-state index in [0.29, 0.717) is 12.5 Å². The maximum Gasteiger partial charge on any atom is 0.123 e. The number of ether oxygens (including phenoxy) is 1. The fraction of sp³-hybridized carbons (Fsp3) is 0.400. The molecule has 0 amide bonds. The van der Waals surface area contributed by atoms with Crippen molar-refractivity contribution in [2.75, 3.05) is 6.61 Å². The van der Waals surface area contributed by atoms with Gasteiger partial charge >= 0.3 is 0 Å². The maximum atomic E-state index is 12.4. The summed E-state index contributed by atoms with van der Waals surface area (Å²) in [4.78, 5) is 0. The Morgan fingerprint density at radius 2 is 1.83 bits per heavy atom. The van der Waals surface area contributed by atoms with Gasteiger partial charge in [-0.25, -0.2) is 4.39 Å². The van der Waals surface area contributed by atoms with Crippen LogP contribution in [0.3, 0.4) is 0 Å². The van der Waals surface area contributed by atoms with Gasteiger partial charge in [-0.1, -0.05) is 13.8 Å². The van der Waals surface area contributed by atoms with Crippen LogP contribution in [0, 0.1) is 11.7 Å². The summed E-state index contributed by atoms with van der Waals surface area (Å²) in [6.07, 6.45) is 0. The summed E-state index contributed by atoms with van der Waals surface area (Å²) >= 11 is 0. The van der Waals surface area contributed by atoms with Crippen LogP contribution >= 0.6 is 0 Å². The van der Waals surface area contributed by atoms with Crippen LogP contribution in [0.15, 0.2) is 24.3 Å². The lowest BCUT2D eigenvalue weighted by molar-refractivity contribution is 0.270. The van der Waals surface area contributed by atoms with Crippen LogP contribution in [0.5, 0.6) is 5.75 Å². The van der Waals surface area contributed by atoms with Gasteiger partial charge in [0.1, 0.15) is 11.6 Å². The van der Waals surface area contributed by atoms with Gasteiger partial charge in [-0.3, -0.25) is 0 Å². The highest BCUT2D eigenvalue weighted by Crippen LogP contribution is 2.11. The van der Waals surface area contributed by atoms with Crippen molar-refractivity contribution >= 4 is 0 Å². The largest absolute Gasteiger partial charge is 0.493 e. The van der Waals surface area contributed by atoms with E-state index in [9.17, 15) is 4.39 Å². The minimum Gasteiger partial charge on any atom is -0.493 e. The molecule has 2 heteroatoms. The number of hydrogen-bond acceptors (Lipinski definition) is 1. The zero-order valence-electron chi connectivity index (χ0n) is 7.38. The van der Waals surface area contributed by atoms with Crippen LogP contribution in [0.2, 0.25) is 0 Å². The molecule has 0 aliphatic heterocycles. The van der Waals surface area contributed by atoms with Crippen LogP contribution in [0.4, 0.5) is 4.39 Å². The lowest BCUT2D eigenvalue weighted by Crippen LogP contribution is -2.04. The second kappa shape index (κ2) is 4.10. The van der Waals surface area contributed by atoms with E-state index < -0.39 is 0 Å². The Labute approximate surface area is 72.2 Å². The first kappa shape index (κ1) is 9.04. The number of rotatable bonds is 3. The van der Waals surface area contributed by atoms with E-state index in [1.54, 1.807) is 12.1 Å². The summed E-state index contributed by atoms with van der Waals surface area (Å²) in [5, 5.41) is 0. The van der Waals surface area contributed by atoms with Crippen molar-refractivity contribution in [1.29, 1.82) is 0 Å². The summed E-state index contributed by atoms with van der Waals surface area (Å²) in [5.74, 6) is 0.993. The van der Waals surface area contributed by atoms with Crippen molar-refractivity contribution in [3.8, 4) is 5.75 Å². The van der Waals surface area contributed by atoms with Crippen molar-refractivity contribution in [3.05, 3.63) is 30.1 Å². The van der Waals surface area contributed by atoms with Gasteiger partial charge in [-0.15, -0.1) is 0 Å². The van der Waals surface area contributed by atoms with Gasteiger partial charge in [0, 0.05) is 0 Å². The predicted octanol–water partition coefficient (Wildman–Crippen LogP) is 2.86. The topological polar surface area (TPSA) is 9.23 Å². The average molecular weight is 168 g/mol. The molecule has 0 bridgehead atoms. The third-order valence-electron chi connectivity index (χ3n) is 1.40. The Kier molecular flexibility index (Phi) is 3.09. The first-order valence-electron chi connectivity index (χ1n) is 4.07. The van der Waals surface area contributed by atoms with Crippen molar-refractivity contribution in [2.24, 2.45) is 5.92 Å². The van der Waals surface area contributed by atoms with E-state index >= 15 is 0 Å². The van der Waals surface area contributed by atoms with Gasteiger partial charge in [-0.05, 0) is 30.2 Å². The van der Waals surface area contributed by atoms with E-state index in [0.717, 1.165) is 5.75 Å². The molecule has 1 rings (SSSR count). The Bertz CT molecular complexity index is 228. The average Bonchev–Trinajstić information content (AvgIpc) is 2.03. The molecule has 1 aromatic carbocycles. The molecule has 1 aromatic rings. The molecule has 0 saturated heterocycles. The van der Waals surface area contributed by atoms with Gasteiger partial charge in [0.2, 0.25) is 0 Å². The number of benzene rings is 1. The first-order valence-corrected chi connectivity index (χ1v) is 4.07. The molecule has 12 heavy (non-hydrogen) atoms. The van der Waals surface area contributed by atoms with Gasteiger partial charge in [0.15, 0.2) is 0 Å². The SMILES string of the molecule is CC(C)COc1ccc(F)cc1. The number of hydrogen-bond donors (Lipinski definition) is 0. The summed E-state index contributed by atoms with van der Waals surface area (Å²) in [7, 11) is 0. The van der Waals surface area contributed by atoms with Crippen molar-refractivity contribution in [2.45, 2.75) is 13.8 Å². The Balaban J connectivity index is 2.48. The highest BCUT2D eigenvalue weighted by molar-refractivity contribution is 5.21. The lowest BCUT2D eigenvalue weighted by atomic mass is 10.2. The quantitative estimate of drug-likeness (QED) is 0.674. The standard InChI is InChI=1S/C10H13FO/c1-8(2)7-12-10-5-3-9(11)4-6-10/h3-6,8H,7H2,1-2H3. The van der Waals surface area contributed by atoms with Crippen LogP contribution in [0.25, 0.3) is 0 Å². The molecule has 1 nitrogen and oxygen atoms in total.